The summed E-state index contributed by atoms with van der Waals surface area (Å²) in [6, 6.07) is 7.68. The molecule has 3 heterocycles. The molecule has 0 aromatic heterocycles. The van der Waals surface area contributed by atoms with Crippen LogP contribution in [0.2, 0.25) is 0 Å². The fourth-order valence-corrected chi connectivity index (χ4v) is 6.33. The first-order valence-electron chi connectivity index (χ1n) is 13.3. The van der Waals surface area contributed by atoms with E-state index in [0.29, 0.717) is 31.0 Å². The lowest BCUT2D eigenvalue weighted by atomic mass is 10.0. The molecule has 0 radical (unpaired) electrons. The predicted octanol–water partition coefficient (Wildman–Crippen LogP) is 2.99. The summed E-state index contributed by atoms with van der Waals surface area (Å²) in [5.41, 5.74) is 0.804. The zero-order valence-corrected chi connectivity index (χ0v) is 22.3. The van der Waals surface area contributed by atoms with Gasteiger partial charge in [0.1, 0.15) is 17.7 Å². The molecular formula is C28H34N6O4. The Hall–Kier alpha value is -3.63. The average Bonchev–Trinajstić information content (AvgIpc) is 3.19. The van der Waals surface area contributed by atoms with Crippen molar-refractivity contribution in [2.75, 3.05) is 13.1 Å². The lowest BCUT2D eigenvalue weighted by Crippen LogP contribution is -2.59. The van der Waals surface area contributed by atoms with Crippen LogP contribution in [0.1, 0.15) is 58.6 Å². The van der Waals surface area contributed by atoms with Gasteiger partial charge in [0.15, 0.2) is 5.69 Å². The number of piperidine rings is 1. The van der Waals surface area contributed by atoms with Gasteiger partial charge in [-0.2, -0.15) is 5.26 Å². The minimum atomic E-state index is -0.917. The van der Waals surface area contributed by atoms with Crippen LogP contribution >= 0.6 is 0 Å². The first-order chi connectivity index (χ1) is 18.0. The standard InChI is InChI=1S/C28H34N6O4/c1-16(17-6-8-19(30-5)9-7-17)33-21-12-24(26(33)36)32(14-21)15-22(31-27(37)38-28(2,3)4)25(35)34-20(13-29)10-18-11-23(18)34/h6-9,16,18,20-24H,10-12,14-15H2,1-4H3,(H,31,37)/t16-,18+,20-,21+,22-,23-,24+/m0/s1. The van der Waals surface area contributed by atoms with Gasteiger partial charge in [0.2, 0.25) is 11.8 Å². The van der Waals surface area contributed by atoms with E-state index < -0.39 is 23.8 Å². The number of benzene rings is 1. The molecular weight excluding hydrogens is 484 g/mol. The van der Waals surface area contributed by atoms with E-state index in [-0.39, 0.29) is 42.5 Å². The molecule has 4 fully saturated rings. The van der Waals surface area contributed by atoms with Crippen molar-refractivity contribution in [1.82, 2.24) is 20.0 Å². The summed E-state index contributed by atoms with van der Waals surface area (Å²) in [4.78, 5) is 48.8. The summed E-state index contributed by atoms with van der Waals surface area (Å²) in [6.45, 7) is 15.2. The lowest BCUT2D eigenvalue weighted by molar-refractivity contribution is -0.141. The number of rotatable bonds is 6. The van der Waals surface area contributed by atoms with Gasteiger partial charge in [-0.3, -0.25) is 14.5 Å². The van der Waals surface area contributed by atoms with Crippen LogP contribution in [0.3, 0.4) is 0 Å². The van der Waals surface area contributed by atoms with Crippen LogP contribution in [0.4, 0.5) is 10.5 Å². The highest BCUT2D eigenvalue weighted by atomic mass is 16.6. The number of alkyl carbamates (subject to hydrolysis) is 1. The van der Waals surface area contributed by atoms with E-state index in [1.54, 1.807) is 37.8 Å². The molecule has 1 N–H and O–H groups in total. The van der Waals surface area contributed by atoms with Crippen LogP contribution < -0.4 is 5.32 Å². The SMILES string of the molecule is [C-]#[N+]c1ccc([C@H](C)N2C(=O)[C@H]3C[C@@H]2CN3C[C@H](NC(=O)OC(C)(C)C)C(=O)N2[C@H](C#N)C[C@@H]3C[C@@H]32)cc1. The molecule has 200 valence electrons. The largest absolute Gasteiger partial charge is 0.444 e. The average molecular weight is 519 g/mol. The van der Waals surface area contributed by atoms with Crippen LogP contribution in [0, 0.1) is 23.8 Å². The molecule has 1 aromatic carbocycles. The summed E-state index contributed by atoms with van der Waals surface area (Å²) in [6.07, 6.45) is 1.53. The van der Waals surface area contributed by atoms with Crippen molar-refractivity contribution < 1.29 is 19.1 Å². The molecule has 7 atom stereocenters. The van der Waals surface area contributed by atoms with E-state index in [1.807, 2.05) is 28.9 Å². The van der Waals surface area contributed by atoms with Gasteiger partial charge >= 0.3 is 6.09 Å². The number of amides is 3. The van der Waals surface area contributed by atoms with Crippen LogP contribution in [0.5, 0.6) is 0 Å². The van der Waals surface area contributed by atoms with Gasteiger partial charge in [0, 0.05) is 25.2 Å². The molecule has 1 saturated carbocycles. The summed E-state index contributed by atoms with van der Waals surface area (Å²) >= 11 is 0. The highest BCUT2D eigenvalue weighted by molar-refractivity contribution is 5.89. The minimum absolute atomic E-state index is 0.00445. The van der Waals surface area contributed by atoms with E-state index in [9.17, 15) is 19.6 Å². The number of hydrogen-bond donors (Lipinski definition) is 1. The van der Waals surface area contributed by atoms with Crippen molar-refractivity contribution in [3.63, 3.8) is 0 Å². The number of likely N-dealkylation sites (tertiary alicyclic amines) is 3. The van der Waals surface area contributed by atoms with Crippen molar-refractivity contribution in [3.8, 4) is 6.07 Å². The molecule has 0 unspecified atom stereocenters. The fourth-order valence-electron chi connectivity index (χ4n) is 6.33. The second kappa shape index (κ2) is 9.59. The number of nitrogens with one attached hydrogen (secondary N) is 1. The number of fused-ring (bicyclic) bond motifs is 3. The molecule has 3 saturated heterocycles. The van der Waals surface area contributed by atoms with Crippen molar-refractivity contribution >= 4 is 23.6 Å². The maximum absolute atomic E-state index is 13.7. The van der Waals surface area contributed by atoms with Crippen molar-refractivity contribution in [2.45, 2.75) is 88.8 Å². The number of ether oxygens (including phenoxy) is 1. The van der Waals surface area contributed by atoms with Gasteiger partial charge in [-0.05, 0) is 58.4 Å². The van der Waals surface area contributed by atoms with E-state index in [0.717, 1.165) is 12.0 Å². The fraction of sp³-hybridized carbons (Fsp3) is 0.607. The van der Waals surface area contributed by atoms with Crippen LogP contribution in [-0.4, -0.2) is 81.5 Å². The van der Waals surface area contributed by atoms with Gasteiger partial charge in [0.25, 0.3) is 0 Å². The second-order valence-electron chi connectivity index (χ2n) is 11.9. The van der Waals surface area contributed by atoms with Gasteiger partial charge in [-0.15, -0.1) is 0 Å². The highest BCUT2D eigenvalue weighted by Gasteiger charge is 2.56. The summed E-state index contributed by atoms with van der Waals surface area (Å²) in [5.74, 6) is 0.0756. The quantitative estimate of drug-likeness (QED) is 0.580. The molecule has 38 heavy (non-hydrogen) atoms. The summed E-state index contributed by atoms with van der Waals surface area (Å²) in [5, 5.41) is 12.4. The minimum Gasteiger partial charge on any atom is -0.444 e. The summed E-state index contributed by atoms with van der Waals surface area (Å²) in [7, 11) is 0. The Morgan fingerprint density at radius 3 is 2.55 bits per heavy atom. The third-order valence-corrected chi connectivity index (χ3v) is 8.15. The normalized spacial score (nSPS) is 29.3. The Labute approximate surface area is 223 Å². The number of nitriles is 1. The molecule has 0 spiro atoms. The molecule has 1 aromatic rings. The monoisotopic (exact) mass is 518 g/mol. The first kappa shape index (κ1) is 26.0. The first-order valence-corrected chi connectivity index (χ1v) is 13.3. The van der Waals surface area contributed by atoms with E-state index in [2.05, 4.69) is 16.2 Å². The molecule has 1 aliphatic carbocycles. The third kappa shape index (κ3) is 4.81. The van der Waals surface area contributed by atoms with E-state index >= 15 is 0 Å². The number of piperazine rings is 1. The highest BCUT2D eigenvalue weighted by Crippen LogP contribution is 2.48. The van der Waals surface area contributed by atoms with Gasteiger partial charge in [-0.1, -0.05) is 24.3 Å². The maximum Gasteiger partial charge on any atom is 0.408 e. The topological polar surface area (TPSA) is 110 Å². The Morgan fingerprint density at radius 1 is 1.24 bits per heavy atom. The molecule has 4 aliphatic rings. The van der Waals surface area contributed by atoms with Gasteiger partial charge in [0.05, 0.1) is 24.7 Å². The van der Waals surface area contributed by atoms with Crippen LogP contribution in [0.25, 0.3) is 4.85 Å². The zero-order chi connectivity index (χ0) is 27.4. The van der Waals surface area contributed by atoms with Crippen molar-refractivity contribution in [3.05, 3.63) is 41.2 Å². The molecule has 3 amide bonds. The van der Waals surface area contributed by atoms with Gasteiger partial charge in [-0.25, -0.2) is 9.64 Å². The number of carbonyl (C=O) groups is 3. The zero-order valence-electron chi connectivity index (χ0n) is 22.3. The molecule has 10 nitrogen and oxygen atoms in total. The van der Waals surface area contributed by atoms with Crippen molar-refractivity contribution in [1.29, 1.82) is 5.26 Å². The second-order valence-corrected chi connectivity index (χ2v) is 11.9. The Kier molecular flexibility index (Phi) is 6.56. The number of carbonyl (C=O) groups excluding carboxylic acids is 3. The Bertz CT molecular complexity index is 1210. The molecule has 10 heteroatoms. The summed E-state index contributed by atoms with van der Waals surface area (Å²) < 4.78 is 5.44. The number of nitrogens with zero attached hydrogens (tertiary/aromatic N) is 5. The number of hydrogen-bond acceptors (Lipinski definition) is 6. The molecule has 3 aliphatic heterocycles. The van der Waals surface area contributed by atoms with Crippen molar-refractivity contribution in [2.24, 2.45) is 5.92 Å². The maximum atomic E-state index is 13.7. The third-order valence-electron chi connectivity index (χ3n) is 8.15. The molecule has 2 bridgehead atoms. The Morgan fingerprint density at radius 2 is 1.95 bits per heavy atom. The van der Waals surface area contributed by atoms with E-state index in [1.165, 1.54) is 0 Å². The molecule has 5 rings (SSSR count). The van der Waals surface area contributed by atoms with Crippen LogP contribution in [0.15, 0.2) is 24.3 Å². The van der Waals surface area contributed by atoms with E-state index in [4.69, 9.17) is 11.3 Å². The lowest BCUT2D eigenvalue weighted by Gasteiger charge is -2.39. The Balaban J connectivity index is 1.30. The van der Waals surface area contributed by atoms with Gasteiger partial charge < -0.3 is 19.9 Å². The predicted molar refractivity (Wildman–Crippen MR) is 138 cm³/mol. The van der Waals surface area contributed by atoms with Crippen LogP contribution in [-0.2, 0) is 14.3 Å². The smallest absolute Gasteiger partial charge is 0.408 e.